The predicted octanol–water partition coefficient (Wildman–Crippen LogP) is 2.40. The number of carbonyl (C=O) groups is 1. The highest BCUT2D eigenvalue weighted by atomic mass is 35.5. The second kappa shape index (κ2) is 8.56. The fourth-order valence-corrected chi connectivity index (χ4v) is 6.74. The smallest absolute Gasteiger partial charge is 0.252 e. The van der Waals surface area contributed by atoms with Crippen molar-refractivity contribution in [2.75, 3.05) is 32.7 Å². The maximum absolute atomic E-state index is 12.6. The zero-order valence-electron chi connectivity index (χ0n) is 15.0. The van der Waals surface area contributed by atoms with E-state index in [2.05, 4.69) is 12.2 Å². The van der Waals surface area contributed by atoms with Gasteiger partial charge in [-0.15, -0.1) is 11.3 Å². The minimum Gasteiger partial charge on any atom is -0.352 e. The lowest BCUT2D eigenvalue weighted by Gasteiger charge is -2.34. The number of carbonyl (C=O) groups excluding carboxylic acids is 1. The van der Waals surface area contributed by atoms with Gasteiger partial charge in [0.1, 0.15) is 4.21 Å². The lowest BCUT2D eigenvalue weighted by molar-refractivity contribution is -0.123. The van der Waals surface area contributed by atoms with E-state index in [1.807, 2.05) is 4.90 Å². The van der Waals surface area contributed by atoms with Gasteiger partial charge in [-0.1, -0.05) is 31.4 Å². The summed E-state index contributed by atoms with van der Waals surface area (Å²) < 4.78 is 27.4. The van der Waals surface area contributed by atoms with Crippen LogP contribution in [-0.4, -0.2) is 62.3 Å². The van der Waals surface area contributed by atoms with E-state index in [1.165, 1.54) is 23.6 Å². The summed E-state index contributed by atoms with van der Waals surface area (Å²) in [6, 6.07) is 3.43. The lowest BCUT2D eigenvalue weighted by Crippen LogP contribution is -2.52. The van der Waals surface area contributed by atoms with Crippen molar-refractivity contribution in [3.05, 3.63) is 16.5 Å². The first-order valence-electron chi connectivity index (χ1n) is 9.13. The summed E-state index contributed by atoms with van der Waals surface area (Å²) in [5, 5.41) is 3.16. The van der Waals surface area contributed by atoms with Crippen molar-refractivity contribution >= 4 is 38.9 Å². The molecule has 2 aliphatic rings. The zero-order valence-corrected chi connectivity index (χ0v) is 17.4. The van der Waals surface area contributed by atoms with E-state index in [4.69, 9.17) is 11.6 Å². The van der Waals surface area contributed by atoms with Gasteiger partial charge in [0.2, 0.25) is 5.91 Å². The molecule has 1 saturated carbocycles. The molecule has 0 bridgehead atoms. The topological polar surface area (TPSA) is 69.7 Å². The highest BCUT2D eigenvalue weighted by molar-refractivity contribution is 7.91. The summed E-state index contributed by atoms with van der Waals surface area (Å²) in [6.07, 6.45) is 4.66. The molecule has 1 aliphatic carbocycles. The molecular weight excluding hydrogens is 394 g/mol. The Morgan fingerprint density at radius 3 is 2.54 bits per heavy atom. The molecule has 2 fully saturated rings. The predicted molar refractivity (Wildman–Crippen MR) is 104 cm³/mol. The minimum atomic E-state index is -3.48. The Hall–Kier alpha value is -0.670. The van der Waals surface area contributed by atoms with E-state index in [0.29, 0.717) is 43.0 Å². The molecular formula is C17H26ClN3O3S2. The maximum atomic E-state index is 12.6. The number of sulfonamides is 1. The number of piperazine rings is 1. The molecule has 0 unspecified atom stereocenters. The molecule has 9 heteroatoms. The molecule has 1 amide bonds. The lowest BCUT2D eigenvalue weighted by atomic mass is 9.86. The first-order valence-corrected chi connectivity index (χ1v) is 11.8. The van der Waals surface area contributed by atoms with Crippen molar-refractivity contribution in [3.63, 3.8) is 0 Å². The Morgan fingerprint density at radius 1 is 1.23 bits per heavy atom. The molecule has 0 aromatic carbocycles. The molecule has 6 nitrogen and oxygen atoms in total. The fourth-order valence-electron chi connectivity index (χ4n) is 3.68. The van der Waals surface area contributed by atoms with E-state index in [0.717, 1.165) is 17.8 Å². The molecule has 0 spiro atoms. The molecule has 146 valence electrons. The van der Waals surface area contributed by atoms with Crippen LogP contribution in [0.25, 0.3) is 0 Å². The molecule has 26 heavy (non-hydrogen) atoms. The molecule has 1 aliphatic heterocycles. The number of nitrogens with zero attached hydrogens (tertiary/aromatic N) is 2. The van der Waals surface area contributed by atoms with Crippen LogP contribution in [0.5, 0.6) is 0 Å². The van der Waals surface area contributed by atoms with Crippen LogP contribution in [0.15, 0.2) is 16.3 Å². The highest BCUT2D eigenvalue weighted by Crippen LogP contribution is 2.28. The average molecular weight is 420 g/mol. The van der Waals surface area contributed by atoms with Gasteiger partial charge in [0, 0.05) is 32.2 Å². The van der Waals surface area contributed by atoms with Gasteiger partial charge in [-0.3, -0.25) is 9.69 Å². The minimum absolute atomic E-state index is 0.0464. The maximum Gasteiger partial charge on any atom is 0.252 e. The average Bonchev–Trinajstić information content (AvgIpc) is 3.05. The van der Waals surface area contributed by atoms with Crippen molar-refractivity contribution in [1.82, 2.24) is 14.5 Å². The van der Waals surface area contributed by atoms with Crippen LogP contribution in [0.1, 0.15) is 32.6 Å². The van der Waals surface area contributed by atoms with Gasteiger partial charge >= 0.3 is 0 Å². The number of thiophene rings is 1. The summed E-state index contributed by atoms with van der Waals surface area (Å²) in [4.78, 5) is 14.4. The van der Waals surface area contributed by atoms with Crippen molar-refractivity contribution in [3.8, 4) is 0 Å². The Kier molecular flexibility index (Phi) is 6.61. The Labute approximate surface area is 164 Å². The van der Waals surface area contributed by atoms with E-state index < -0.39 is 10.0 Å². The van der Waals surface area contributed by atoms with Crippen LogP contribution in [0.4, 0.5) is 0 Å². The Morgan fingerprint density at radius 2 is 1.92 bits per heavy atom. The SMILES string of the molecule is C[C@H]1CCCC[C@H]1NC(=O)CN1CCN(S(=O)(=O)c2ccc(Cl)s2)CC1. The summed E-state index contributed by atoms with van der Waals surface area (Å²) in [7, 11) is -3.48. The van der Waals surface area contributed by atoms with Gasteiger partial charge in [0.05, 0.1) is 10.9 Å². The molecule has 2 heterocycles. The van der Waals surface area contributed by atoms with Crippen LogP contribution in [-0.2, 0) is 14.8 Å². The van der Waals surface area contributed by atoms with Crippen molar-refractivity contribution < 1.29 is 13.2 Å². The molecule has 3 rings (SSSR count). The number of halogens is 1. The van der Waals surface area contributed by atoms with Gasteiger partial charge in [0.15, 0.2) is 0 Å². The first kappa shape index (κ1) is 20.1. The standard InChI is InChI=1S/C17H26ClN3O3S2/c1-13-4-2-3-5-14(13)19-16(22)12-20-8-10-21(11-9-20)26(23,24)17-7-6-15(18)25-17/h6-7,13-14H,2-5,8-12H2,1H3,(H,19,22)/t13-,14+/m0/s1. The van der Waals surface area contributed by atoms with Gasteiger partial charge in [-0.05, 0) is 30.9 Å². The molecule has 1 N–H and O–H groups in total. The fraction of sp³-hybridized carbons (Fsp3) is 0.706. The van der Waals surface area contributed by atoms with Gasteiger partial charge in [-0.2, -0.15) is 4.31 Å². The number of amides is 1. The van der Waals surface area contributed by atoms with Crippen LogP contribution in [0, 0.1) is 5.92 Å². The Balaban J connectivity index is 1.48. The molecule has 1 aromatic rings. The third-order valence-corrected chi connectivity index (χ3v) is 8.90. The zero-order chi connectivity index (χ0) is 18.7. The third-order valence-electron chi connectivity index (χ3n) is 5.30. The second-order valence-corrected chi connectivity index (χ2v) is 11.1. The van der Waals surface area contributed by atoms with Crippen LogP contribution >= 0.6 is 22.9 Å². The normalized spacial score (nSPS) is 25.9. The van der Waals surface area contributed by atoms with E-state index >= 15 is 0 Å². The van der Waals surface area contributed by atoms with Gasteiger partial charge in [0.25, 0.3) is 10.0 Å². The Bertz CT molecular complexity index is 729. The summed E-state index contributed by atoms with van der Waals surface area (Å²) >= 11 is 6.94. The summed E-state index contributed by atoms with van der Waals surface area (Å²) in [6.45, 7) is 4.44. The van der Waals surface area contributed by atoms with Crippen molar-refractivity contribution in [2.45, 2.75) is 42.9 Å². The highest BCUT2D eigenvalue weighted by Gasteiger charge is 2.30. The molecule has 1 saturated heterocycles. The van der Waals surface area contributed by atoms with E-state index in [1.54, 1.807) is 12.1 Å². The van der Waals surface area contributed by atoms with E-state index in [9.17, 15) is 13.2 Å². The molecule has 2 atom stereocenters. The van der Waals surface area contributed by atoms with Gasteiger partial charge < -0.3 is 5.32 Å². The van der Waals surface area contributed by atoms with Gasteiger partial charge in [-0.25, -0.2) is 8.42 Å². The number of nitrogens with one attached hydrogen (secondary N) is 1. The third kappa shape index (κ3) is 4.78. The monoisotopic (exact) mass is 419 g/mol. The molecule has 0 radical (unpaired) electrons. The van der Waals surface area contributed by atoms with Crippen LogP contribution in [0.3, 0.4) is 0 Å². The number of hydrogen-bond donors (Lipinski definition) is 1. The first-order chi connectivity index (χ1) is 12.4. The number of rotatable bonds is 5. The largest absolute Gasteiger partial charge is 0.352 e. The van der Waals surface area contributed by atoms with Crippen LogP contribution < -0.4 is 5.32 Å². The molecule has 1 aromatic heterocycles. The second-order valence-electron chi connectivity index (χ2n) is 7.17. The summed E-state index contributed by atoms with van der Waals surface area (Å²) in [5.74, 6) is 0.581. The quantitative estimate of drug-likeness (QED) is 0.795. The van der Waals surface area contributed by atoms with Crippen LogP contribution in [0.2, 0.25) is 4.34 Å². The summed E-state index contributed by atoms with van der Waals surface area (Å²) in [5.41, 5.74) is 0. The van der Waals surface area contributed by atoms with Crippen molar-refractivity contribution in [2.24, 2.45) is 5.92 Å². The van der Waals surface area contributed by atoms with E-state index in [-0.39, 0.29) is 16.2 Å². The van der Waals surface area contributed by atoms with Crippen molar-refractivity contribution in [1.29, 1.82) is 0 Å². The number of hydrogen-bond acceptors (Lipinski definition) is 5.